The minimum Gasteiger partial charge on any atom is -0.322 e. The largest absolute Gasteiger partial charge is 0.322 e. The Bertz CT molecular complexity index is 1370. The van der Waals surface area contributed by atoms with E-state index in [1.807, 2.05) is 12.1 Å². The maximum absolute atomic E-state index is 13.2. The summed E-state index contributed by atoms with van der Waals surface area (Å²) in [6.45, 7) is 7.95. The number of aryl methyl sites for hydroxylation is 1. The van der Waals surface area contributed by atoms with Crippen LogP contribution in [0.15, 0.2) is 59.4 Å². The Labute approximate surface area is 218 Å². The number of nitrogens with one attached hydrogen (secondary N) is 1. The zero-order chi connectivity index (χ0) is 25.8. The maximum Gasteiger partial charge on any atom is 0.252 e. The molecule has 37 heavy (non-hydrogen) atoms. The quantitative estimate of drug-likeness (QED) is 0.306. The van der Waals surface area contributed by atoms with E-state index in [4.69, 9.17) is 0 Å². The van der Waals surface area contributed by atoms with Crippen LogP contribution in [0.3, 0.4) is 0 Å². The monoisotopic (exact) mass is 498 g/mol. The van der Waals surface area contributed by atoms with Gasteiger partial charge in [-0.2, -0.15) is 0 Å². The van der Waals surface area contributed by atoms with Gasteiger partial charge in [-0.3, -0.25) is 9.69 Å². The summed E-state index contributed by atoms with van der Waals surface area (Å²) in [6, 6.07) is 19.3. The van der Waals surface area contributed by atoms with Gasteiger partial charge in [0.25, 0.3) is 5.56 Å². The lowest BCUT2D eigenvalue weighted by Gasteiger charge is -2.34. The van der Waals surface area contributed by atoms with Crippen molar-refractivity contribution in [1.29, 1.82) is 0 Å². The second kappa shape index (κ2) is 11.4. The van der Waals surface area contributed by atoms with Crippen LogP contribution in [0, 0.1) is 5.92 Å². The van der Waals surface area contributed by atoms with Gasteiger partial charge < -0.3 is 4.98 Å². The van der Waals surface area contributed by atoms with Gasteiger partial charge in [0.1, 0.15) is 0 Å². The number of tetrazole rings is 1. The fraction of sp³-hybridized carbons (Fsp3) is 0.467. The van der Waals surface area contributed by atoms with Gasteiger partial charge in [0.15, 0.2) is 5.82 Å². The molecule has 2 aromatic heterocycles. The number of nitrogens with zero attached hydrogens (tertiary/aromatic N) is 5. The van der Waals surface area contributed by atoms with Crippen molar-refractivity contribution >= 4 is 10.9 Å². The summed E-state index contributed by atoms with van der Waals surface area (Å²) in [7, 11) is 0. The number of hydrogen-bond donors (Lipinski definition) is 1. The summed E-state index contributed by atoms with van der Waals surface area (Å²) < 4.78 is 2.07. The molecule has 1 saturated carbocycles. The van der Waals surface area contributed by atoms with E-state index in [-0.39, 0.29) is 17.5 Å². The normalized spacial score (nSPS) is 15.3. The lowest BCUT2D eigenvalue weighted by molar-refractivity contribution is 0.133. The lowest BCUT2D eigenvalue weighted by Crippen LogP contribution is -2.37. The van der Waals surface area contributed by atoms with E-state index in [1.54, 1.807) is 0 Å². The van der Waals surface area contributed by atoms with Gasteiger partial charge in [0, 0.05) is 24.2 Å². The molecule has 0 unspecified atom stereocenters. The Balaban J connectivity index is 1.52. The SMILES string of the molecule is CCc1ccc2[nH]c(=O)c(CN(CCc3ccccc3)[C@H](c3nnnn3C3CCCC3)C(C)C)cc2c1. The predicted octanol–water partition coefficient (Wildman–Crippen LogP) is 5.63. The molecule has 1 atom stereocenters. The summed E-state index contributed by atoms with van der Waals surface area (Å²) in [5, 5.41) is 14.2. The molecule has 5 rings (SSSR count). The van der Waals surface area contributed by atoms with E-state index in [1.165, 1.54) is 24.0 Å². The number of fused-ring (bicyclic) bond motifs is 1. The molecule has 1 aliphatic carbocycles. The first kappa shape index (κ1) is 25.3. The molecule has 4 aromatic rings. The molecular formula is C30H38N6O. The number of rotatable bonds is 10. The average Bonchev–Trinajstić information content (AvgIpc) is 3.60. The third-order valence-corrected chi connectivity index (χ3v) is 7.78. The van der Waals surface area contributed by atoms with Crippen LogP contribution in [-0.4, -0.2) is 36.6 Å². The first-order valence-electron chi connectivity index (χ1n) is 13.7. The number of H-pyrrole nitrogens is 1. The van der Waals surface area contributed by atoms with Crippen molar-refractivity contribution in [1.82, 2.24) is 30.1 Å². The van der Waals surface area contributed by atoms with Gasteiger partial charge in [0.05, 0.1) is 12.1 Å². The molecule has 194 valence electrons. The predicted molar refractivity (Wildman–Crippen MR) is 147 cm³/mol. The number of aromatic nitrogens is 5. The van der Waals surface area contributed by atoms with Crippen molar-refractivity contribution in [3.63, 3.8) is 0 Å². The Morgan fingerprint density at radius 3 is 2.57 bits per heavy atom. The topological polar surface area (TPSA) is 79.7 Å². The highest BCUT2D eigenvalue weighted by atomic mass is 16.1. The molecule has 7 nitrogen and oxygen atoms in total. The van der Waals surface area contributed by atoms with Gasteiger partial charge >= 0.3 is 0 Å². The summed E-state index contributed by atoms with van der Waals surface area (Å²) in [4.78, 5) is 18.8. The van der Waals surface area contributed by atoms with E-state index >= 15 is 0 Å². The van der Waals surface area contributed by atoms with Crippen molar-refractivity contribution in [2.75, 3.05) is 6.54 Å². The molecule has 0 saturated heterocycles. The molecule has 0 spiro atoms. The molecule has 1 aliphatic rings. The Morgan fingerprint density at radius 2 is 1.84 bits per heavy atom. The van der Waals surface area contributed by atoms with Crippen molar-refractivity contribution in [3.8, 4) is 0 Å². The molecule has 0 radical (unpaired) electrons. The third kappa shape index (κ3) is 5.67. The molecule has 0 amide bonds. The molecule has 0 bridgehead atoms. The van der Waals surface area contributed by atoms with Crippen LogP contribution in [0.5, 0.6) is 0 Å². The van der Waals surface area contributed by atoms with Crippen LogP contribution in [0.1, 0.15) is 81.1 Å². The number of pyridine rings is 1. The highest BCUT2D eigenvalue weighted by Gasteiger charge is 2.32. The smallest absolute Gasteiger partial charge is 0.252 e. The van der Waals surface area contributed by atoms with Gasteiger partial charge in [-0.1, -0.05) is 70.0 Å². The second-order valence-electron chi connectivity index (χ2n) is 10.7. The van der Waals surface area contributed by atoms with Crippen LogP contribution < -0.4 is 5.56 Å². The zero-order valence-corrected chi connectivity index (χ0v) is 22.2. The number of aromatic amines is 1. The van der Waals surface area contributed by atoms with Crippen LogP contribution in [0.25, 0.3) is 10.9 Å². The summed E-state index contributed by atoms with van der Waals surface area (Å²) in [6.07, 6.45) is 6.54. The Kier molecular flexibility index (Phi) is 7.79. The van der Waals surface area contributed by atoms with E-state index < -0.39 is 0 Å². The van der Waals surface area contributed by atoms with Gasteiger partial charge in [-0.15, -0.1) is 5.10 Å². The fourth-order valence-electron chi connectivity index (χ4n) is 5.78. The van der Waals surface area contributed by atoms with Gasteiger partial charge in [-0.25, -0.2) is 4.68 Å². The first-order chi connectivity index (χ1) is 18.0. The second-order valence-corrected chi connectivity index (χ2v) is 10.7. The third-order valence-electron chi connectivity index (χ3n) is 7.78. The average molecular weight is 499 g/mol. The Morgan fingerprint density at radius 1 is 1.05 bits per heavy atom. The highest BCUT2D eigenvalue weighted by molar-refractivity contribution is 5.79. The molecular weight excluding hydrogens is 460 g/mol. The number of benzene rings is 2. The van der Waals surface area contributed by atoms with E-state index in [2.05, 4.69) is 93.3 Å². The highest BCUT2D eigenvalue weighted by Crippen LogP contribution is 2.34. The van der Waals surface area contributed by atoms with E-state index in [0.29, 0.717) is 12.6 Å². The van der Waals surface area contributed by atoms with Crippen LogP contribution in [0.4, 0.5) is 0 Å². The molecule has 1 N–H and O–H groups in total. The van der Waals surface area contributed by atoms with Crippen molar-refractivity contribution in [2.45, 2.75) is 77.9 Å². The van der Waals surface area contributed by atoms with Crippen LogP contribution in [-0.2, 0) is 19.4 Å². The van der Waals surface area contributed by atoms with Gasteiger partial charge in [-0.05, 0) is 76.7 Å². The molecule has 0 aliphatic heterocycles. The van der Waals surface area contributed by atoms with Crippen molar-refractivity contribution in [3.05, 3.63) is 87.5 Å². The van der Waals surface area contributed by atoms with E-state index in [9.17, 15) is 4.79 Å². The van der Waals surface area contributed by atoms with Crippen LogP contribution in [0.2, 0.25) is 0 Å². The molecule has 2 aromatic carbocycles. The van der Waals surface area contributed by atoms with Gasteiger partial charge in [0.2, 0.25) is 0 Å². The molecule has 1 fully saturated rings. The maximum atomic E-state index is 13.2. The van der Waals surface area contributed by atoms with E-state index in [0.717, 1.165) is 54.5 Å². The zero-order valence-electron chi connectivity index (χ0n) is 22.2. The first-order valence-corrected chi connectivity index (χ1v) is 13.7. The molecule has 2 heterocycles. The summed E-state index contributed by atoms with van der Waals surface area (Å²) in [5.74, 6) is 1.19. The number of hydrogen-bond acceptors (Lipinski definition) is 5. The fourth-order valence-corrected chi connectivity index (χ4v) is 5.78. The lowest BCUT2D eigenvalue weighted by atomic mass is 9.99. The minimum absolute atomic E-state index is 0.00335. The summed E-state index contributed by atoms with van der Waals surface area (Å²) in [5.41, 5.74) is 4.18. The minimum atomic E-state index is -0.0284. The van der Waals surface area contributed by atoms with Crippen molar-refractivity contribution < 1.29 is 0 Å². The van der Waals surface area contributed by atoms with Crippen molar-refractivity contribution in [2.24, 2.45) is 5.92 Å². The Hall–Kier alpha value is -3.32. The standard InChI is InChI=1S/C30H38N6O/c1-4-22-14-15-27-24(18-22)19-25(30(37)31-27)20-35(17-16-23-10-6-5-7-11-23)28(21(2)3)29-32-33-34-36(29)26-12-8-9-13-26/h5-7,10-11,14-15,18-19,21,26,28H,4,8-9,12-13,16-17,20H2,1-3H3,(H,31,37)/t28-/m0/s1. The molecule has 7 heteroatoms. The summed E-state index contributed by atoms with van der Waals surface area (Å²) >= 11 is 0. The van der Waals surface area contributed by atoms with Crippen LogP contribution >= 0.6 is 0 Å².